The van der Waals surface area contributed by atoms with E-state index in [0.717, 1.165) is 49.9 Å². The molecule has 0 atom stereocenters. The predicted octanol–water partition coefficient (Wildman–Crippen LogP) is 2.15. The van der Waals surface area contributed by atoms with Gasteiger partial charge in [-0.2, -0.15) is 0 Å². The number of fused-ring (bicyclic) bond motifs is 2. The molecule has 0 saturated carbocycles. The molecule has 3 heterocycles. The van der Waals surface area contributed by atoms with Gasteiger partial charge in [-0.1, -0.05) is 30.3 Å². The molecule has 0 aliphatic carbocycles. The molecule has 162 valence electrons. The molecule has 8 heteroatoms. The molecule has 8 nitrogen and oxygen atoms in total. The monoisotopic (exact) mass is 419 g/mol. The van der Waals surface area contributed by atoms with Gasteiger partial charge in [0.25, 0.3) is 0 Å². The van der Waals surface area contributed by atoms with E-state index in [1.54, 1.807) is 0 Å². The molecule has 3 aromatic rings. The van der Waals surface area contributed by atoms with Gasteiger partial charge in [-0.3, -0.25) is 9.20 Å². The molecule has 1 amide bonds. The van der Waals surface area contributed by atoms with Crippen LogP contribution >= 0.6 is 0 Å². The molecule has 0 unspecified atom stereocenters. The van der Waals surface area contributed by atoms with E-state index in [1.165, 1.54) is 11.1 Å². The fourth-order valence-electron chi connectivity index (χ4n) is 3.80. The van der Waals surface area contributed by atoms with E-state index >= 15 is 0 Å². The molecule has 1 aliphatic rings. The van der Waals surface area contributed by atoms with Crippen LogP contribution in [-0.4, -0.2) is 51.0 Å². The molecule has 4 rings (SSSR count). The third kappa shape index (κ3) is 5.20. The predicted molar refractivity (Wildman–Crippen MR) is 121 cm³/mol. The van der Waals surface area contributed by atoms with Gasteiger partial charge in [-0.05, 0) is 43.0 Å². The molecule has 2 aromatic heterocycles. The number of nitrogens with zero attached hydrogens (tertiary/aromatic N) is 5. The summed E-state index contributed by atoms with van der Waals surface area (Å²) >= 11 is 0. The van der Waals surface area contributed by atoms with Crippen molar-refractivity contribution in [1.82, 2.24) is 30.1 Å². The molecule has 2 N–H and O–H groups in total. The number of carbonyl (C=O) groups is 1. The first kappa shape index (κ1) is 20.8. The van der Waals surface area contributed by atoms with Crippen LogP contribution in [0.3, 0.4) is 0 Å². The van der Waals surface area contributed by atoms with Gasteiger partial charge >= 0.3 is 0 Å². The number of rotatable bonds is 7. The fraction of sp³-hybridized carbons (Fsp3) is 0.391. The second kappa shape index (κ2) is 10.1. The molecule has 1 aliphatic heterocycles. The third-order valence-electron chi connectivity index (χ3n) is 5.45. The minimum atomic E-state index is 0.216. The van der Waals surface area contributed by atoms with Crippen molar-refractivity contribution in [2.24, 2.45) is 4.99 Å². The standard InChI is InChI=1S/C23H29N7O/c1-2-24-23(26-16-21-28-27-20-10-5-6-14-30(20)21)25-13-7-11-22(31)29-15-12-18-8-3-4-9-19(18)17-29/h3-6,8-10,14H,2,7,11-13,15-17H2,1H3,(H2,24,25,26). The lowest BCUT2D eigenvalue weighted by atomic mass is 9.99. The van der Waals surface area contributed by atoms with E-state index in [2.05, 4.69) is 44.0 Å². The molecule has 0 fully saturated rings. The first-order valence-corrected chi connectivity index (χ1v) is 10.9. The number of carbonyl (C=O) groups excluding carboxylic acids is 1. The second-order valence-corrected chi connectivity index (χ2v) is 7.60. The van der Waals surface area contributed by atoms with Crippen LogP contribution in [0.4, 0.5) is 0 Å². The maximum Gasteiger partial charge on any atom is 0.222 e. The summed E-state index contributed by atoms with van der Waals surface area (Å²) in [6, 6.07) is 14.2. The van der Waals surface area contributed by atoms with Gasteiger partial charge in [0.2, 0.25) is 5.91 Å². The number of aliphatic imine (C=N–C) groups is 1. The average molecular weight is 420 g/mol. The van der Waals surface area contributed by atoms with E-state index in [1.807, 2.05) is 46.7 Å². The van der Waals surface area contributed by atoms with Crippen molar-refractivity contribution in [2.45, 2.75) is 39.3 Å². The molecule has 0 spiro atoms. The van der Waals surface area contributed by atoms with Crippen LogP contribution in [0.25, 0.3) is 5.65 Å². The minimum Gasteiger partial charge on any atom is -0.357 e. The van der Waals surface area contributed by atoms with Crippen molar-refractivity contribution < 1.29 is 4.79 Å². The Labute approximate surface area is 182 Å². The number of benzene rings is 1. The largest absolute Gasteiger partial charge is 0.357 e. The first-order chi connectivity index (χ1) is 15.2. The van der Waals surface area contributed by atoms with E-state index in [0.29, 0.717) is 19.5 Å². The van der Waals surface area contributed by atoms with Gasteiger partial charge in [0, 0.05) is 38.8 Å². The number of pyridine rings is 1. The lowest BCUT2D eigenvalue weighted by Crippen LogP contribution is -2.39. The highest BCUT2D eigenvalue weighted by Gasteiger charge is 2.19. The van der Waals surface area contributed by atoms with Crippen LogP contribution in [-0.2, 0) is 24.3 Å². The Bertz CT molecular complexity index is 1060. The SMILES string of the molecule is CCNC(=NCc1nnc2ccccn12)NCCCC(=O)N1CCc2ccccc2C1. The maximum absolute atomic E-state index is 12.6. The quantitative estimate of drug-likeness (QED) is 0.348. The first-order valence-electron chi connectivity index (χ1n) is 10.9. The van der Waals surface area contributed by atoms with Crippen LogP contribution in [0.15, 0.2) is 53.7 Å². The van der Waals surface area contributed by atoms with Crippen LogP contribution in [0, 0.1) is 0 Å². The van der Waals surface area contributed by atoms with Crippen molar-refractivity contribution in [3.8, 4) is 0 Å². The molecular weight excluding hydrogens is 390 g/mol. The smallest absolute Gasteiger partial charge is 0.222 e. The van der Waals surface area contributed by atoms with Crippen molar-refractivity contribution in [1.29, 1.82) is 0 Å². The highest BCUT2D eigenvalue weighted by atomic mass is 16.2. The van der Waals surface area contributed by atoms with E-state index in [4.69, 9.17) is 0 Å². The zero-order chi connectivity index (χ0) is 21.5. The Morgan fingerprint density at radius 3 is 2.81 bits per heavy atom. The van der Waals surface area contributed by atoms with Crippen molar-refractivity contribution in [3.63, 3.8) is 0 Å². The summed E-state index contributed by atoms with van der Waals surface area (Å²) in [5, 5.41) is 14.9. The van der Waals surface area contributed by atoms with Gasteiger partial charge in [0.05, 0.1) is 0 Å². The average Bonchev–Trinajstić information content (AvgIpc) is 3.23. The molecule has 0 saturated heterocycles. The minimum absolute atomic E-state index is 0.216. The van der Waals surface area contributed by atoms with Gasteiger partial charge < -0.3 is 15.5 Å². The van der Waals surface area contributed by atoms with E-state index in [9.17, 15) is 4.79 Å². The van der Waals surface area contributed by atoms with Crippen LogP contribution in [0.5, 0.6) is 0 Å². The summed E-state index contributed by atoms with van der Waals surface area (Å²) < 4.78 is 1.93. The van der Waals surface area contributed by atoms with Crippen molar-refractivity contribution in [3.05, 3.63) is 65.6 Å². The third-order valence-corrected chi connectivity index (χ3v) is 5.45. The topological polar surface area (TPSA) is 86.9 Å². The van der Waals surface area contributed by atoms with Crippen LogP contribution in [0.2, 0.25) is 0 Å². The van der Waals surface area contributed by atoms with Crippen LogP contribution < -0.4 is 10.6 Å². The number of hydrogen-bond donors (Lipinski definition) is 2. The Morgan fingerprint density at radius 1 is 1.10 bits per heavy atom. The number of hydrogen-bond acceptors (Lipinski definition) is 4. The van der Waals surface area contributed by atoms with Gasteiger partial charge in [0.15, 0.2) is 17.4 Å². The Kier molecular flexibility index (Phi) is 6.76. The van der Waals surface area contributed by atoms with Crippen molar-refractivity contribution >= 4 is 17.5 Å². The summed E-state index contributed by atoms with van der Waals surface area (Å²) in [5.41, 5.74) is 3.44. The summed E-state index contributed by atoms with van der Waals surface area (Å²) in [6.07, 6.45) is 4.17. The zero-order valence-electron chi connectivity index (χ0n) is 17.9. The summed E-state index contributed by atoms with van der Waals surface area (Å²) in [5.74, 6) is 1.72. The van der Waals surface area contributed by atoms with Gasteiger partial charge in [0.1, 0.15) is 6.54 Å². The van der Waals surface area contributed by atoms with E-state index < -0.39 is 0 Å². The summed E-state index contributed by atoms with van der Waals surface area (Å²) in [4.78, 5) is 19.2. The summed E-state index contributed by atoms with van der Waals surface area (Å²) in [7, 11) is 0. The Morgan fingerprint density at radius 2 is 1.94 bits per heavy atom. The zero-order valence-corrected chi connectivity index (χ0v) is 17.9. The molecule has 1 aromatic carbocycles. The fourth-order valence-corrected chi connectivity index (χ4v) is 3.80. The molecule has 0 radical (unpaired) electrons. The van der Waals surface area contributed by atoms with Gasteiger partial charge in [-0.15, -0.1) is 10.2 Å². The maximum atomic E-state index is 12.6. The highest BCUT2D eigenvalue weighted by Crippen LogP contribution is 2.19. The van der Waals surface area contributed by atoms with Crippen LogP contribution in [0.1, 0.15) is 36.7 Å². The summed E-state index contributed by atoms with van der Waals surface area (Å²) in [6.45, 7) is 5.42. The molecule has 0 bridgehead atoms. The highest BCUT2D eigenvalue weighted by molar-refractivity contribution is 5.80. The van der Waals surface area contributed by atoms with Crippen molar-refractivity contribution in [2.75, 3.05) is 19.6 Å². The number of guanidine groups is 1. The lowest BCUT2D eigenvalue weighted by molar-refractivity contribution is -0.132. The number of amides is 1. The van der Waals surface area contributed by atoms with E-state index in [-0.39, 0.29) is 5.91 Å². The Hall–Kier alpha value is -3.42. The Balaban J connectivity index is 1.25. The normalized spacial score (nSPS) is 13.8. The second-order valence-electron chi connectivity index (χ2n) is 7.60. The molecule has 31 heavy (non-hydrogen) atoms. The number of nitrogens with one attached hydrogen (secondary N) is 2. The lowest BCUT2D eigenvalue weighted by Gasteiger charge is -2.29. The number of aromatic nitrogens is 3. The molecular formula is C23H29N7O. The van der Waals surface area contributed by atoms with Gasteiger partial charge in [-0.25, -0.2) is 4.99 Å².